The van der Waals surface area contributed by atoms with Crippen molar-refractivity contribution in [2.45, 2.75) is 43.4 Å². The zero-order valence-electron chi connectivity index (χ0n) is 27.8. The lowest BCUT2D eigenvalue weighted by molar-refractivity contribution is -0.126. The molecule has 4 aromatic rings. The number of piperazine rings is 1. The van der Waals surface area contributed by atoms with Crippen LogP contribution in [0.2, 0.25) is 5.02 Å². The molecule has 1 atom stereocenters. The van der Waals surface area contributed by atoms with Gasteiger partial charge < -0.3 is 24.2 Å². The Labute approximate surface area is 298 Å². The molecule has 2 fully saturated rings. The van der Waals surface area contributed by atoms with Crippen molar-refractivity contribution in [2.24, 2.45) is 0 Å². The quantitative estimate of drug-likeness (QED) is 0.116. The van der Waals surface area contributed by atoms with E-state index in [0.717, 1.165) is 87.9 Å². The number of hydrogen-bond donors (Lipinski definition) is 1. The maximum absolute atomic E-state index is 12.3. The fourth-order valence-corrected chi connectivity index (χ4v) is 7.83. The molecule has 3 aliphatic rings. The van der Waals surface area contributed by atoms with Crippen molar-refractivity contribution in [1.82, 2.24) is 19.8 Å². The van der Waals surface area contributed by atoms with E-state index in [2.05, 4.69) is 64.2 Å². The van der Waals surface area contributed by atoms with E-state index in [1.54, 1.807) is 0 Å². The summed E-state index contributed by atoms with van der Waals surface area (Å²) in [6, 6.07) is 21.1. The summed E-state index contributed by atoms with van der Waals surface area (Å²) in [7, 11) is 0. The number of carbonyl (C=O) groups is 1. The van der Waals surface area contributed by atoms with Crippen LogP contribution in [0.1, 0.15) is 29.7 Å². The Morgan fingerprint density at radius 1 is 1.00 bits per heavy atom. The van der Waals surface area contributed by atoms with Crippen LogP contribution < -0.4 is 14.5 Å². The first-order valence-corrected chi connectivity index (χ1v) is 18.0. The van der Waals surface area contributed by atoms with Gasteiger partial charge in [-0.25, -0.2) is 0 Å². The molecule has 49 heavy (non-hydrogen) atoms. The maximum Gasteiger partial charge on any atom is 0.318 e. The second kappa shape index (κ2) is 15.4. The summed E-state index contributed by atoms with van der Waals surface area (Å²) in [5, 5.41) is 2.93. The number of carbonyl (C=O) groups excluding carboxylic acids is 1. The van der Waals surface area contributed by atoms with E-state index in [0.29, 0.717) is 58.6 Å². The smallest absolute Gasteiger partial charge is 0.318 e. The number of anilines is 2. The van der Waals surface area contributed by atoms with E-state index in [1.165, 1.54) is 6.08 Å². The standard InChI is InChI=1S/C38H43ClN6O3S/c1-2-35(46)43-17-19-44(20-18-43)37-31-14-16-45(34-13-5-9-28-8-4-12-32(39)36(28)34)24-33(31)40-38(41-37)48-26-29-10-6-15-42(29)21-22-47-25-27-7-3-11-30(49)23-27/h2-5,7-9,11-13,23,29,49H,1,6,10,14-22,24-26H2. The highest BCUT2D eigenvalue weighted by Crippen LogP contribution is 2.37. The number of amides is 1. The van der Waals surface area contributed by atoms with E-state index in [4.69, 9.17) is 31.0 Å². The van der Waals surface area contributed by atoms with Gasteiger partial charge in [-0.3, -0.25) is 9.69 Å². The van der Waals surface area contributed by atoms with Crippen molar-refractivity contribution in [3.05, 3.63) is 95.2 Å². The summed E-state index contributed by atoms with van der Waals surface area (Å²) >= 11 is 11.2. The molecule has 11 heteroatoms. The van der Waals surface area contributed by atoms with Gasteiger partial charge in [-0.05, 0) is 67.1 Å². The molecular formula is C38H43ClN6O3S. The molecule has 0 bridgehead atoms. The van der Waals surface area contributed by atoms with Gasteiger partial charge in [0.1, 0.15) is 12.4 Å². The number of rotatable bonds is 11. The van der Waals surface area contributed by atoms with Gasteiger partial charge in [-0.2, -0.15) is 9.97 Å². The molecule has 0 radical (unpaired) electrons. The molecular weight excluding hydrogens is 656 g/mol. The number of halogens is 1. The number of hydrogen-bond acceptors (Lipinski definition) is 9. The molecule has 0 N–H and O–H groups in total. The second-order valence-corrected chi connectivity index (χ2v) is 13.8. The van der Waals surface area contributed by atoms with Crippen LogP contribution in [-0.2, 0) is 29.1 Å². The van der Waals surface area contributed by atoms with Gasteiger partial charge in [0, 0.05) is 66.8 Å². The third-order valence-corrected chi connectivity index (χ3v) is 10.5. The van der Waals surface area contributed by atoms with Crippen molar-refractivity contribution in [1.29, 1.82) is 0 Å². The van der Waals surface area contributed by atoms with Crippen LogP contribution >= 0.6 is 24.2 Å². The minimum absolute atomic E-state index is 0.0313. The van der Waals surface area contributed by atoms with Crippen LogP contribution in [-0.4, -0.2) is 90.7 Å². The molecule has 4 heterocycles. The molecule has 256 valence electrons. The maximum atomic E-state index is 12.3. The Balaban J connectivity index is 1.07. The monoisotopic (exact) mass is 698 g/mol. The van der Waals surface area contributed by atoms with Gasteiger partial charge in [0.15, 0.2) is 0 Å². The molecule has 0 saturated carbocycles. The Morgan fingerprint density at radius 3 is 2.63 bits per heavy atom. The van der Waals surface area contributed by atoms with Crippen molar-refractivity contribution in [2.75, 3.05) is 68.8 Å². The minimum atomic E-state index is -0.0313. The average molecular weight is 699 g/mol. The van der Waals surface area contributed by atoms with Crippen molar-refractivity contribution < 1.29 is 14.3 Å². The first kappa shape index (κ1) is 33.7. The fourth-order valence-electron chi connectivity index (χ4n) is 7.29. The van der Waals surface area contributed by atoms with Crippen LogP contribution in [0.4, 0.5) is 11.5 Å². The summed E-state index contributed by atoms with van der Waals surface area (Å²) in [5.74, 6) is 0.888. The summed E-state index contributed by atoms with van der Waals surface area (Å²) in [5.41, 5.74) is 4.36. The van der Waals surface area contributed by atoms with Gasteiger partial charge >= 0.3 is 6.01 Å². The van der Waals surface area contributed by atoms with Gasteiger partial charge in [0.05, 0.1) is 30.5 Å². The van der Waals surface area contributed by atoms with Crippen LogP contribution in [0, 0.1) is 0 Å². The summed E-state index contributed by atoms with van der Waals surface area (Å²) in [6.07, 6.45) is 4.38. The highest BCUT2D eigenvalue weighted by molar-refractivity contribution is 7.80. The van der Waals surface area contributed by atoms with E-state index in [-0.39, 0.29) is 11.9 Å². The highest BCUT2D eigenvalue weighted by Gasteiger charge is 2.30. The summed E-state index contributed by atoms with van der Waals surface area (Å²) in [4.78, 5) is 32.3. The molecule has 1 unspecified atom stereocenters. The van der Waals surface area contributed by atoms with Crippen molar-refractivity contribution in [3.63, 3.8) is 0 Å². The van der Waals surface area contributed by atoms with Gasteiger partial charge in [0.2, 0.25) is 5.91 Å². The normalized spacial score (nSPS) is 18.2. The lowest BCUT2D eigenvalue weighted by atomic mass is 10.0. The number of nitrogens with zero attached hydrogens (tertiary/aromatic N) is 6. The second-order valence-electron chi connectivity index (χ2n) is 12.9. The molecule has 0 spiro atoms. The zero-order valence-corrected chi connectivity index (χ0v) is 29.4. The Bertz CT molecular complexity index is 1810. The van der Waals surface area contributed by atoms with Crippen molar-refractivity contribution in [3.8, 4) is 6.01 Å². The number of aromatic nitrogens is 2. The number of likely N-dealkylation sites (tertiary alicyclic amines) is 1. The topological polar surface area (TPSA) is 74.3 Å². The fraction of sp³-hybridized carbons (Fsp3) is 0.395. The molecule has 3 aromatic carbocycles. The Morgan fingerprint density at radius 2 is 1.82 bits per heavy atom. The Kier molecular flexibility index (Phi) is 10.6. The molecule has 0 aliphatic carbocycles. The first-order chi connectivity index (χ1) is 24.0. The van der Waals surface area contributed by atoms with E-state index >= 15 is 0 Å². The minimum Gasteiger partial charge on any atom is -0.462 e. The van der Waals surface area contributed by atoms with Gasteiger partial charge in [-0.15, -0.1) is 12.6 Å². The molecule has 7 rings (SSSR count). The van der Waals surface area contributed by atoms with Gasteiger partial charge in [-0.1, -0.05) is 54.6 Å². The van der Waals surface area contributed by atoms with Crippen LogP contribution in [0.3, 0.4) is 0 Å². The van der Waals surface area contributed by atoms with Crippen LogP contribution in [0.15, 0.2) is 78.2 Å². The van der Waals surface area contributed by atoms with Crippen LogP contribution in [0.5, 0.6) is 6.01 Å². The van der Waals surface area contributed by atoms with E-state index in [9.17, 15) is 4.79 Å². The Hall–Kier alpha value is -3.83. The summed E-state index contributed by atoms with van der Waals surface area (Å²) < 4.78 is 12.5. The van der Waals surface area contributed by atoms with Crippen LogP contribution in [0.25, 0.3) is 10.8 Å². The third kappa shape index (κ3) is 7.67. The molecule has 1 aromatic heterocycles. The zero-order chi connectivity index (χ0) is 33.7. The summed E-state index contributed by atoms with van der Waals surface area (Å²) in [6.45, 7) is 11.4. The molecule has 3 aliphatic heterocycles. The third-order valence-electron chi connectivity index (χ3n) is 9.87. The van der Waals surface area contributed by atoms with Gasteiger partial charge in [0.25, 0.3) is 0 Å². The van der Waals surface area contributed by atoms with E-state index in [1.807, 2.05) is 35.2 Å². The molecule has 1 amide bonds. The van der Waals surface area contributed by atoms with Crippen molar-refractivity contribution >= 4 is 52.4 Å². The lowest BCUT2D eigenvalue weighted by Gasteiger charge is -2.38. The number of benzene rings is 3. The molecule has 9 nitrogen and oxygen atoms in total. The lowest BCUT2D eigenvalue weighted by Crippen LogP contribution is -2.49. The van der Waals surface area contributed by atoms with E-state index < -0.39 is 0 Å². The predicted octanol–water partition coefficient (Wildman–Crippen LogP) is 6.03. The highest BCUT2D eigenvalue weighted by atomic mass is 35.5. The number of ether oxygens (including phenoxy) is 2. The SMILES string of the molecule is C=CC(=O)N1CCN(c2nc(OCC3CCCN3CCOCc3cccc(S)c3)nc3c2CCN(c2cccc4cccc(Cl)c24)C3)CC1. The number of fused-ring (bicyclic) bond motifs is 2. The number of thiol groups is 1. The molecule has 2 saturated heterocycles. The first-order valence-electron chi connectivity index (χ1n) is 17.2. The average Bonchev–Trinajstić information content (AvgIpc) is 3.58. The predicted molar refractivity (Wildman–Crippen MR) is 198 cm³/mol. The largest absolute Gasteiger partial charge is 0.462 e.